The first kappa shape index (κ1) is 32.6. The lowest BCUT2D eigenvalue weighted by Crippen LogP contribution is -2.54. The molecule has 1 unspecified atom stereocenters. The van der Waals surface area contributed by atoms with Crippen molar-refractivity contribution in [2.75, 3.05) is 20.7 Å². The molecule has 2 N–H and O–H groups in total. The summed E-state index contributed by atoms with van der Waals surface area (Å²) in [6.07, 6.45) is -0.934. The molecule has 0 aliphatic rings. The van der Waals surface area contributed by atoms with Crippen LogP contribution >= 0.6 is 23.2 Å². The Hall–Kier alpha value is -3.63. The summed E-state index contributed by atoms with van der Waals surface area (Å²) < 4.78 is 10.3. The van der Waals surface area contributed by atoms with Crippen LogP contribution in [0.15, 0.2) is 48.5 Å². The van der Waals surface area contributed by atoms with E-state index in [1.807, 2.05) is 6.07 Å². The number of carbonyl (C=O) groups is 5. The summed E-state index contributed by atoms with van der Waals surface area (Å²) in [6, 6.07) is 11.2. The molecule has 0 spiro atoms. The highest BCUT2D eigenvalue weighted by Crippen LogP contribution is 2.25. The number of ether oxygens (including phenoxy) is 2. The van der Waals surface area contributed by atoms with Gasteiger partial charge in [-0.2, -0.15) is 0 Å². The van der Waals surface area contributed by atoms with Gasteiger partial charge in [0.15, 0.2) is 12.4 Å². The van der Waals surface area contributed by atoms with Gasteiger partial charge in [-0.3, -0.25) is 14.4 Å². The second-order valence-electron chi connectivity index (χ2n) is 9.45. The number of hydrogen-bond donors (Lipinski definition) is 2. The number of amides is 3. The van der Waals surface area contributed by atoms with E-state index in [2.05, 4.69) is 10.6 Å². The first-order chi connectivity index (χ1) is 18.9. The maximum atomic E-state index is 13.2. The molecule has 10 nitrogen and oxygen atoms in total. The van der Waals surface area contributed by atoms with E-state index in [4.69, 9.17) is 32.7 Å². The van der Waals surface area contributed by atoms with Gasteiger partial charge in [-0.25, -0.2) is 9.59 Å². The van der Waals surface area contributed by atoms with Gasteiger partial charge in [0.1, 0.15) is 12.6 Å². The van der Waals surface area contributed by atoms with Gasteiger partial charge in [0.25, 0.3) is 0 Å². The van der Waals surface area contributed by atoms with Crippen LogP contribution in [-0.2, 0) is 30.5 Å². The minimum Gasteiger partial charge on any atom is -0.454 e. The lowest BCUT2D eigenvalue weighted by Gasteiger charge is -2.25. The summed E-state index contributed by atoms with van der Waals surface area (Å²) in [6.45, 7) is 2.72. The first-order valence-corrected chi connectivity index (χ1v) is 13.3. The lowest BCUT2D eigenvalue weighted by atomic mass is 10.0. The largest absolute Gasteiger partial charge is 0.454 e. The summed E-state index contributed by atoms with van der Waals surface area (Å²) in [7, 11) is 3.12. The maximum Gasteiger partial charge on any atom is 0.408 e. The second kappa shape index (κ2) is 15.8. The maximum absolute atomic E-state index is 13.2. The molecule has 0 fully saturated rings. The van der Waals surface area contributed by atoms with E-state index in [-0.39, 0.29) is 46.9 Å². The summed E-state index contributed by atoms with van der Waals surface area (Å²) in [4.78, 5) is 64.7. The number of nitrogens with one attached hydrogen (secondary N) is 2. The fourth-order valence-electron chi connectivity index (χ4n) is 3.50. The minimum atomic E-state index is -1.19. The third kappa shape index (κ3) is 10.2. The molecule has 0 aliphatic heterocycles. The van der Waals surface area contributed by atoms with Crippen LogP contribution in [0.1, 0.15) is 42.6 Å². The molecule has 40 heavy (non-hydrogen) atoms. The Morgan fingerprint density at radius 3 is 2.08 bits per heavy atom. The van der Waals surface area contributed by atoms with E-state index in [1.165, 1.54) is 17.0 Å². The molecule has 0 saturated heterocycles. The van der Waals surface area contributed by atoms with Crippen LogP contribution in [0.25, 0.3) is 0 Å². The number of esters is 1. The van der Waals surface area contributed by atoms with E-state index < -0.39 is 42.4 Å². The number of ketones is 1. The number of nitrogens with zero attached hydrogens (tertiary/aromatic N) is 1. The zero-order chi connectivity index (χ0) is 29.8. The van der Waals surface area contributed by atoms with E-state index in [1.54, 1.807) is 58.3 Å². The van der Waals surface area contributed by atoms with Crippen LogP contribution in [-0.4, -0.2) is 67.3 Å². The van der Waals surface area contributed by atoms with Crippen molar-refractivity contribution in [2.24, 2.45) is 5.92 Å². The minimum absolute atomic E-state index is 0.00762. The standard InChI is InChI=1S/C28H33Cl2N3O7/c1-17(2)25(32-28(38)40-15-18-9-6-5-7-10-18)26(36)31-21(13-14-23(35)33(3)4)22(34)16-39-27(37)24-19(29)11-8-12-20(24)30/h5-12,17,21,25H,13-16H2,1-4H3,(H,31,36)(H,32,38)/t21?,25-/m0/s1. The van der Waals surface area contributed by atoms with Gasteiger partial charge in [0.05, 0.1) is 21.7 Å². The van der Waals surface area contributed by atoms with Crippen molar-refractivity contribution in [3.8, 4) is 0 Å². The van der Waals surface area contributed by atoms with Crippen LogP contribution in [0.5, 0.6) is 0 Å². The van der Waals surface area contributed by atoms with E-state index in [0.717, 1.165) is 5.56 Å². The predicted octanol–water partition coefficient (Wildman–Crippen LogP) is 4.02. The summed E-state index contributed by atoms with van der Waals surface area (Å²) in [5.41, 5.74) is 0.673. The fourth-order valence-corrected chi connectivity index (χ4v) is 4.05. The van der Waals surface area contributed by atoms with Crippen LogP contribution in [0, 0.1) is 5.92 Å². The number of carbonyl (C=O) groups excluding carboxylic acids is 5. The van der Waals surface area contributed by atoms with Gasteiger partial charge in [0.2, 0.25) is 11.8 Å². The van der Waals surface area contributed by atoms with Gasteiger partial charge < -0.3 is 25.0 Å². The molecule has 2 aromatic rings. The summed E-state index contributed by atoms with van der Waals surface area (Å²) in [5.74, 6) is -2.88. The molecule has 0 bridgehead atoms. The Morgan fingerprint density at radius 2 is 1.50 bits per heavy atom. The molecule has 12 heteroatoms. The molecule has 3 amide bonds. The Kier molecular flexibility index (Phi) is 12.9. The first-order valence-electron chi connectivity index (χ1n) is 12.5. The summed E-state index contributed by atoms with van der Waals surface area (Å²) >= 11 is 12.1. The number of benzene rings is 2. The third-order valence-electron chi connectivity index (χ3n) is 5.80. The second-order valence-corrected chi connectivity index (χ2v) is 10.3. The van der Waals surface area contributed by atoms with Crippen LogP contribution in [0.3, 0.4) is 0 Å². The highest BCUT2D eigenvalue weighted by atomic mass is 35.5. The number of Topliss-reactive ketones (excluding diaryl/α,β-unsaturated/α-hetero) is 1. The normalized spacial score (nSPS) is 12.2. The zero-order valence-electron chi connectivity index (χ0n) is 22.7. The van der Waals surface area contributed by atoms with Gasteiger partial charge in [-0.15, -0.1) is 0 Å². The Morgan fingerprint density at radius 1 is 0.875 bits per heavy atom. The van der Waals surface area contributed by atoms with Crippen molar-refractivity contribution in [3.05, 3.63) is 69.7 Å². The number of alkyl carbamates (subject to hydrolysis) is 1. The Labute approximate surface area is 243 Å². The smallest absolute Gasteiger partial charge is 0.408 e. The lowest BCUT2D eigenvalue weighted by molar-refractivity contribution is -0.132. The van der Waals surface area contributed by atoms with Crippen LogP contribution in [0.4, 0.5) is 4.79 Å². The van der Waals surface area contributed by atoms with Gasteiger partial charge in [-0.05, 0) is 30.0 Å². The molecule has 0 aromatic heterocycles. The molecular formula is C28H33Cl2N3O7. The Balaban J connectivity index is 2.09. The molecule has 2 atom stereocenters. The molecule has 2 aromatic carbocycles. The van der Waals surface area contributed by atoms with Crippen LogP contribution < -0.4 is 10.6 Å². The SMILES string of the molecule is CC(C)[C@H](NC(=O)OCc1ccccc1)C(=O)NC(CCC(=O)N(C)C)C(=O)COC(=O)c1c(Cl)cccc1Cl. The highest BCUT2D eigenvalue weighted by Gasteiger charge is 2.30. The van der Waals surface area contributed by atoms with Crippen molar-refractivity contribution in [1.29, 1.82) is 0 Å². The molecule has 0 aliphatic carbocycles. The Bertz CT molecular complexity index is 1190. The average molecular weight is 594 g/mol. The molecule has 2 rings (SSSR count). The van der Waals surface area contributed by atoms with E-state index in [9.17, 15) is 24.0 Å². The average Bonchev–Trinajstić information content (AvgIpc) is 2.91. The third-order valence-corrected chi connectivity index (χ3v) is 6.43. The van der Waals surface area contributed by atoms with E-state index in [0.29, 0.717) is 0 Å². The van der Waals surface area contributed by atoms with Gasteiger partial charge >= 0.3 is 12.1 Å². The van der Waals surface area contributed by atoms with Gasteiger partial charge in [-0.1, -0.05) is 73.4 Å². The molecule has 0 saturated carbocycles. The topological polar surface area (TPSA) is 131 Å². The fraction of sp³-hybridized carbons (Fsp3) is 0.393. The molecule has 0 radical (unpaired) electrons. The van der Waals surface area contributed by atoms with Gasteiger partial charge in [0, 0.05) is 20.5 Å². The number of hydrogen-bond acceptors (Lipinski definition) is 7. The predicted molar refractivity (Wildman–Crippen MR) is 150 cm³/mol. The quantitative estimate of drug-likeness (QED) is 0.335. The number of rotatable bonds is 13. The molecular weight excluding hydrogens is 561 g/mol. The highest BCUT2D eigenvalue weighted by molar-refractivity contribution is 6.39. The monoisotopic (exact) mass is 593 g/mol. The van der Waals surface area contributed by atoms with Crippen LogP contribution in [0.2, 0.25) is 10.0 Å². The number of halogens is 2. The van der Waals surface area contributed by atoms with Crippen molar-refractivity contribution < 1.29 is 33.4 Å². The van der Waals surface area contributed by atoms with Crippen molar-refractivity contribution >= 4 is 52.9 Å². The van der Waals surface area contributed by atoms with Crippen molar-refractivity contribution in [1.82, 2.24) is 15.5 Å². The molecule has 0 heterocycles. The summed E-state index contributed by atoms with van der Waals surface area (Å²) in [5, 5.41) is 5.21. The molecule has 216 valence electrons. The van der Waals surface area contributed by atoms with Crippen molar-refractivity contribution in [2.45, 2.75) is 45.4 Å². The van der Waals surface area contributed by atoms with Crippen molar-refractivity contribution in [3.63, 3.8) is 0 Å². The zero-order valence-corrected chi connectivity index (χ0v) is 24.3. The van der Waals surface area contributed by atoms with E-state index >= 15 is 0 Å².